The van der Waals surface area contributed by atoms with Crippen LogP contribution < -0.4 is 14.4 Å². The third kappa shape index (κ3) is 7.33. The standard InChI is InChI=1S/C32H38BrN3O5S/c1-22-13-15-27(16-14-22)36(42(39,40)28-17-18-30(41-4)29(33)19-28)21-31(37)35(20-25-10-6-5-9-23(25)2)24(3)32(38)34-26-11-7-8-12-26/h5-6,9-10,13-19,24,26H,7-8,11-12,20-21H2,1-4H3,(H,34,38)/t24-/m0/s1. The molecule has 4 rings (SSSR count). The number of amides is 2. The van der Waals surface area contributed by atoms with Crippen LogP contribution in [0.1, 0.15) is 49.3 Å². The molecule has 1 atom stereocenters. The highest BCUT2D eigenvalue weighted by atomic mass is 79.9. The number of nitrogens with one attached hydrogen (secondary N) is 1. The Bertz CT molecular complexity index is 1520. The molecule has 0 aliphatic heterocycles. The van der Waals surface area contributed by atoms with Crippen LogP contribution in [0.3, 0.4) is 0 Å². The summed E-state index contributed by atoms with van der Waals surface area (Å²) in [7, 11) is -2.69. The van der Waals surface area contributed by atoms with E-state index in [1.54, 1.807) is 37.3 Å². The number of sulfonamides is 1. The van der Waals surface area contributed by atoms with E-state index in [-0.39, 0.29) is 23.4 Å². The topological polar surface area (TPSA) is 96.0 Å². The summed E-state index contributed by atoms with van der Waals surface area (Å²) < 4.78 is 35.0. The second kappa shape index (κ2) is 13.7. The first-order valence-corrected chi connectivity index (χ1v) is 16.3. The zero-order valence-electron chi connectivity index (χ0n) is 24.5. The van der Waals surface area contributed by atoms with Gasteiger partial charge in [0.15, 0.2) is 0 Å². The number of hydrogen-bond donors (Lipinski definition) is 1. The molecule has 8 nitrogen and oxygen atoms in total. The maximum atomic E-state index is 14.1. The summed E-state index contributed by atoms with van der Waals surface area (Å²) in [4.78, 5) is 29.0. The van der Waals surface area contributed by atoms with Gasteiger partial charge in [-0.3, -0.25) is 13.9 Å². The van der Waals surface area contributed by atoms with Gasteiger partial charge in [-0.15, -0.1) is 0 Å². The Morgan fingerprint density at radius 2 is 1.69 bits per heavy atom. The molecule has 3 aromatic carbocycles. The van der Waals surface area contributed by atoms with Crippen molar-refractivity contribution < 1.29 is 22.7 Å². The van der Waals surface area contributed by atoms with Gasteiger partial charge in [-0.1, -0.05) is 54.8 Å². The van der Waals surface area contributed by atoms with Crippen molar-refractivity contribution in [3.05, 3.63) is 87.9 Å². The third-order valence-electron chi connectivity index (χ3n) is 7.78. The molecule has 0 aromatic heterocycles. The van der Waals surface area contributed by atoms with Crippen LogP contribution in [0.25, 0.3) is 0 Å². The van der Waals surface area contributed by atoms with Gasteiger partial charge in [-0.05, 0) is 91.0 Å². The second-order valence-corrected chi connectivity index (χ2v) is 13.5. The van der Waals surface area contributed by atoms with Crippen LogP contribution in [0.15, 0.2) is 76.1 Å². The van der Waals surface area contributed by atoms with Gasteiger partial charge in [-0.25, -0.2) is 8.42 Å². The Hall–Kier alpha value is -3.37. The fourth-order valence-electron chi connectivity index (χ4n) is 5.12. The van der Waals surface area contributed by atoms with Gasteiger partial charge in [0.1, 0.15) is 18.3 Å². The number of carbonyl (C=O) groups is 2. The molecule has 1 N–H and O–H groups in total. The van der Waals surface area contributed by atoms with Crippen LogP contribution >= 0.6 is 15.9 Å². The van der Waals surface area contributed by atoms with Crippen LogP contribution in [0.5, 0.6) is 5.75 Å². The molecule has 42 heavy (non-hydrogen) atoms. The summed E-state index contributed by atoms with van der Waals surface area (Å²) in [5.41, 5.74) is 3.16. The fraction of sp³-hybridized carbons (Fsp3) is 0.375. The smallest absolute Gasteiger partial charge is 0.264 e. The molecule has 0 saturated heterocycles. The number of carbonyl (C=O) groups excluding carboxylic acids is 2. The number of methoxy groups -OCH3 is 1. The fourth-order valence-corrected chi connectivity index (χ4v) is 7.25. The highest BCUT2D eigenvalue weighted by Crippen LogP contribution is 2.31. The molecule has 224 valence electrons. The van der Waals surface area contributed by atoms with E-state index >= 15 is 0 Å². The molecular formula is C32H38BrN3O5S. The van der Waals surface area contributed by atoms with Crippen LogP contribution in [-0.4, -0.2) is 50.9 Å². The van der Waals surface area contributed by atoms with E-state index < -0.39 is 28.5 Å². The van der Waals surface area contributed by atoms with E-state index in [2.05, 4.69) is 21.2 Å². The van der Waals surface area contributed by atoms with Crippen LogP contribution in [0.4, 0.5) is 5.69 Å². The lowest BCUT2D eigenvalue weighted by Gasteiger charge is -2.33. The van der Waals surface area contributed by atoms with Gasteiger partial charge in [0, 0.05) is 12.6 Å². The average molecular weight is 657 g/mol. The van der Waals surface area contributed by atoms with Crippen molar-refractivity contribution in [1.82, 2.24) is 10.2 Å². The summed E-state index contributed by atoms with van der Waals surface area (Å²) in [5, 5.41) is 3.10. The summed E-state index contributed by atoms with van der Waals surface area (Å²) in [6.07, 6.45) is 3.97. The van der Waals surface area contributed by atoms with Crippen molar-refractivity contribution in [2.45, 2.75) is 70.0 Å². The molecule has 1 aliphatic carbocycles. The number of anilines is 1. The Labute approximate surface area is 257 Å². The highest BCUT2D eigenvalue weighted by Gasteiger charge is 2.33. The first-order valence-electron chi connectivity index (χ1n) is 14.1. The summed E-state index contributed by atoms with van der Waals surface area (Å²) >= 11 is 3.38. The zero-order chi connectivity index (χ0) is 30.4. The van der Waals surface area contributed by atoms with Gasteiger partial charge < -0.3 is 15.0 Å². The minimum Gasteiger partial charge on any atom is -0.496 e. The number of hydrogen-bond acceptors (Lipinski definition) is 5. The van der Waals surface area contributed by atoms with E-state index in [0.717, 1.165) is 46.7 Å². The maximum Gasteiger partial charge on any atom is 0.264 e. The Morgan fingerprint density at radius 3 is 2.31 bits per heavy atom. The summed E-state index contributed by atoms with van der Waals surface area (Å²) in [6.45, 7) is 5.24. The van der Waals surface area contributed by atoms with E-state index in [1.807, 2.05) is 38.1 Å². The van der Waals surface area contributed by atoms with Crippen LogP contribution in [-0.2, 0) is 26.2 Å². The van der Waals surface area contributed by atoms with E-state index in [0.29, 0.717) is 15.9 Å². The Morgan fingerprint density at radius 1 is 1.02 bits per heavy atom. The number of nitrogens with zero attached hydrogens (tertiary/aromatic N) is 2. The first-order chi connectivity index (χ1) is 20.0. The lowest BCUT2D eigenvalue weighted by Crippen LogP contribution is -2.52. The van der Waals surface area contributed by atoms with Gasteiger partial charge in [0.25, 0.3) is 10.0 Å². The molecule has 2 amide bonds. The van der Waals surface area contributed by atoms with Crippen molar-refractivity contribution >= 4 is 43.5 Å². The van der Waals surface area contributed by atoms with Crippen molar-refractivity contribution in [2.75, 3.05) is 18.0 Å². The Balaban J connectivity index is 1.71. The van der Waals surface area contributed by atoms with Crippen molar-refractivity contribution in [2.24, 2.45) is 0 Å². The number of rotatable bonds is 11. The largest absolute Gasteiger partial charge is 0.496 e. The molecule has 3 aromatic rings. The quantitative estimate of drug-likeness (QED) is 0.284. The summed E-state index contributed by atoms with van der Waals surface area (Å²) in [5.74, 6) is -0.241. The van der Waals surface area contributed by atoms with E-state index in [1.165, 1.54) is 24.1 Å². The number of aryl methyl sites for hydroxylation is 2. The molecule has 0 unspecified atom stereocenters. The van der Waals surface area contributed by atoms with Gasteiger partial charge in [-0.2, -0.15) is 0 Å². The first kappa shape index (κ1) is 31.6. The van der Waals surface area contributed by atoms with Crippen molar-refractivity contribution in [3.8, 4) is 5.75 Å². The van der Waals surface area contributed by atoms with Gasteiger partial charge >= 0.3 is 0 Å². The highest BCUT2D eigenvalue weighted by molar-refractivity contribution is 9.10. The van der Waals surface area contributed by atoms with Crippen molar-refractivity contribution in [1.29, 1.82) is 0 Å². The zero-order valence-corrected chi connectivity index (χ0v) is 26.9. The molecule has 0 heterocycles. The number of benzene rings is 3. The van der Waals surface area contributed by atoms with Gasteiger partial charge in [0.05, 0.1) is 22.2 Å². The van der Waals surface area contributed by atoms with Crippen LogP contribution in [0, 0.1) is 13.8 Å². The molecule has 10 heteroatoms. The lowest BCUT2D eigenvalue weighted by molar-refractivity contribution is -0.139. The predicted molar refractivity (Wildman–Crippen MR) is 168 cm³/mol. The molecule has 1 aliphatic rings. The predicted octanol–water partition coefficient (Wildman–Crippen LogP) is 5.75. The minimum absolute atomic E-state index is 0.000953. The second-order valence-electron chi connectivity index (χ2n) is 10.8. The van der Waals surface area contributed by atoms with E-state index in [4.69, 9.17) is 4.74 Å². The number of halogens is 1. The lowest BCUT2D eigenvalue weighted by atomic mass is 10.1. The molecule has 0 bridgehead atoms. The molecular weight excluding hydrogens is 618 g/mol. The average Bonchev–Trinajstić information content (AvgIpc) is 3.48. The SMILES string of the molecule is COc1ccc(S(=O)(=O)N(CC(=O)N(Cc2ccccc2C)[C@@H](C)C(=O)NC2CCCC2)c2ccc(C)cc2)cc1Br. The normalized spacial score (nSPS) is 14.3. The van der Waals surface area contributed by atoms with Crippen molar-refractivity contribution in [3.63, 3.8) is 0 Å². The van der Waals surface area contributed by atoms with Gasteiger partial charge in [0.2, 0.25) is 11.8 Å². The molecule has 1 fully saturated rings. The monoisotopic (exact) mass is 655 g/mol. The molecule has 0 radical (unpaired) electrons. The van der Waals surface area contributed by atoms with E-state index in [9.17, 15) is 18.0 Å². The number of ether oxygens (including phenoxy) is 1. The summed E-state index contributed by atoms with van der Waals surface area (Å²) in [6, 6.07) is 18.4. The third-order valence-corrected chi connectivity index (χ3v) is 10.2. The maximum absolute atomic E-state index is 14.1. The Kier molecular flexibility index (Phi) is 10.3. The molecule has 0 spiro atoms. The molecule has 1 saturated carbocycles. The minimum atomic E-state index is -4.19. The van der Waals surface area contributed by atoms with Crippen LogP contribution in [0.2, 0.25) is 0 Å².